The number of nitrogens with zero attached hydrogens (tertiary/aromatic N) is 5. The van der Waals surface area contributed by atoms with Crippen LogP contribution in [-0.4, -0.2) is 16.7 Å². The molecular weight excluding hydrogens is 216 g/mol. The largest absolute Gasteiger partial charge is 0.382 e. The maximum absolute atomic E-state index is 8.04. The normalized spacial score (nSPS) is 10.2. The molecule has 15 heavy (non-hydrogen) atoms. The first-order valence-electron chi connectivity index (χ1n) is 4.20. The van der Waals surface area contributed by atoms with Gasteiger partial charge >= 0.3 is 0 Å². The zero-order chi connectivity index (χ0) is 11.1. The van der Waals surface area contributed by atoms with Gasteiger partial charge in [-0.05, 0) is 18.0 Å². The van der Waals surface area contributed by atoms with Crippen LogP contribution in [0.5, 0.6) is 0 Å². The van der Waals surface area contributed by atoms with Crippen LogP contribution in [0.15, 0.2) is 17.3 Å². The van der Waals surface area contributed by atoms with Gasteiger partial charge in [0.25, 0.3) is 0 Å². The standard InChI is InChI=1S/C8H9ClN6/c9-7-5-6(8(10)14-13-7)3-1-2-4-12-15-11/h1,3,5H,2,4H2,(H2,10,14). The minimum absolute atomic E-state index is 0.291. The fraction of sp³-hybridized carbons (Fsp3) is 0.250. The van der Waals surface area contributed by atoms with Gasteiger partial charge in [-0.2, -0.15) is 0 Å². The number of hydrogen-bond acceptors (Lipinski definition) is 4. The Labute approximate surface area is 91.4 Å². The second kappa shape index (κ2) is 5.85. The number of anilines is 1. The predicted octanol–water partition coefficient (Wildman–Crippen LogP) is 2.43. The van der Waals surface area contributed by atoms with Gasteiger partial charge in [0.1, 0.15) is 0 Å². The molecule has 0 fully saturated rings. The van der Waals surface area contributed by atoms with E-state index >= 15 is 0 Å². The average Bonchev–Trinajstić information content (AvgIpc) is 2.23. The Hall–Kier alpha value is -1.78. The molecule has 78 valence electrons. The lowest BCUT2D eigenvalue weighted by molar-refractivity contribution is 0.994. The molecule has 0 amide bonds. The van der Waals surface area contributed by atoms with E-state index < -0.39 is 0 Å². The summed E-state index contributed by atoms with van der Waals surface area (Å²) in [5, 5.41) is 10.9. The van der Waals surface area contributed by atoms with Crippen molar-refractivity contribution in [3.8, 4) is 0 Å². The zero-order valence-electron chi connectivity index (χ0n) is 7.84. The van der Waals surface area contributed by atoms with E-state index in [1.165, 1.54) is 0 Å². The number of halogens is 1. The van der Waals surface area contributed by atoms with E-state index in [0.29, 0.717) is 29.5 Å². The molecule has 1 aromatic heterocycles. The Morgan fingerprint density at radius 3 is 3.13 bits per heavy atom. The summed E-state index contributed by atoms with van der Waals surface area (Å²) >= 11 is 5.65. The Morgan fingerprint density at radius 1 is 1.60 bits per heavy atom. The number of hydrogen-bond donors (Lipinski definition) is 1. The number of nitrogen functional groups attached to an aromatic ring is 1. The van der Waals surface area contributed by atoms with Crippen LogP contribution in [0.1, 0.15) is 12.0 Å². The van der Waals surface area contributed by atoms with Crippen molar-refractivity contribution >= 4 is 23.5 Å². The number of nitrogens with two attached hydrogens (primary N) is 1. The van der Waals surface area contributed by atoms with Gasteiger partial charge in [0.05, 0.1) is 0 Å². The highest BCUT2D eigenvalue weighted by molar-refractivity contribution is 6.29. The Morgan fingerprint density at radius 2 is 2.40 bits per heavy atom. The van der Waals surface area contributed by atoms with Gasteiger partial charge in [-0.1, -0.05) is 28.9 Å². The Balaban J connectivity index is 2.63. The van der Waals surface area contributed by atoms with Crippen molar-refractivity contribution in [1.29, 1.82) is 0 Å². The van der Waals surface area contributed by atoms with E-state index in [2.05, 4.69) is 20.2 Å². The van der Waals surface area contributed by atoms with Crippen LogP contribution in [0.2, 0.25) is 5.15 Å². The third-order valence-electron chi connectivity index (χ3n) is 1.58. The second-order valence-corrected chi connectivity index (χ2v) is 3.04. The maximum Gasteiger partial charge on any atom is 0.153 e. The molecule has 0 bridgehead atoms. The highest BCUT2D eigenvalue weighted by Crippen LogP contribution is 2.13. The summed E-state index contributed by atoms with van der Waals surface area (Å²) in [7, 11) is 0. The van der Waals surface area contributed by atoms with Gasteiger partial charge in [-0.15, -0.1) is 10.2 Å². The van der Waals surface area contributed by atoms with Crippen molar-refractivity contribution in [2.75, 3.05) is 12.3 Å². The summed E-state index contributed by atoms with van der Waals surface area (Å²) in [6.07, 6.45) is 4.24. The fourth-order valence-corrected chi connectivity index (χ4v) is 1.07. The van der Waals surface area contributed by atoms with Crippen LogP contribution in [0.3, 0.4) is 0 Å². The van der Waals surface area contributed by atoms with E-state index in [4.69, 9.17) is 22.9 Å². The molecule has 6 nitrogen and oxygen atoms in total. The van der Waals surface area contributed by atoms with Gasteiger partial charge in [0, 0.05) is 17.0 Å². The fourth-order valence-electron chi connectivity index (χ4n) is 0.911. The summed E-state index contributed by atoms with van der Waals surface area (Å²) in [6, 6.07) is 1.62. The molecule has 7 heteroatoms. The summed E-state index contributed by atoms with van der Waals surface area (Å²) in [5.74, 6) is 0.319. The molecule has 1 heterocycles. The summed E-state index contributed by atoms with van der Waals surface area (Å²) in [6.45, 7) is 0.416. The monoisotopic (exact) mass is 224 g/mol. The molecule has 0 saturated carbocycles. The molecule has 0 radical (unpaired) electrons. The molecule has 1 rings (SSSR count). The van der Waals surface area contributed by atoms with Crippen LogP contribution in [0.25, 0.3) is 16.5 Å². The molecule has 2 N–H and O–H groups in total. The van der Waals surface area contributed by atoms with Crippen molar-refractivity contribution in [3.63, 3.8) is 0 Å². The van der Waals surface area contributed by atoms with E-state index in [0.717, 1.165) is 0 Å². The smallest absolute Gasteiger partial charge is 0.153 e. The van der Waals surface area contributed by atoms with E-state index in [-0.39, 0.29) is 0 Å². The lowest BCUT2D eigenvalue weighted by Crippen LogP contribution is -1.96. The number of rotatable bonds is 4. The SMILES string of the molecule is [N-]=[N+]=NCCC=Cc1cc(Cl)nnc1N. The van der Waals surface area contributed by atoms with Crippen LogP contribution < -0.4 is 5.73 Å². The average molecular weight is 225 g/mol. The summed E-state index contributed by atoms with van der Waals surface area (Å²) in [4.78, 5) is 2.63. The molecule has 0 unspecified atom stereocenters. The first-order valence-corrected chi connectivity index (χ1v) is 4.58. The topological polar surface area (TPSA) is 101 Å². The molecule has 1 aromatic rings. The lowest BCUT2D eigenvalue weighted by atomic mass is 10.2. The van der Waals surface area contributed by atoms with Crippen molar-refractivity contribution in [1.82, 2.24) is 10.2 Å². The maximum atomic E-state index is 8.04. The Kier molecular flexibility index (Phi) is 4.40. The van der Waals surface area contributed by atoms with E-state index in [1.54, 1.807) is 12.1 Å². The molecule has 0 aliphatic heterocycles. The molecule has 0 aliphatic rings. The first-order chi connectivity index (χ1) is 7.24. The van der Waals surface area contributed by atoms with Crippen molar-refractivity contribution in [3.05, 3.63) is 33.3 Å². The van der Waals surface area contributed by atoms with E-state index in [1.807, 2.05) is 6.08 Å². The summed E-state index contributed by atoms with van der Waals surface area (Å²) in [5.41, 5.74) is 14.3. The number of aromatic nitrogens is 2. The molecule has 0 saturated heterocycles. The Bertz CT molecular complexity index is 410. The molecule has 0 spiro atoms. The minimum atomic E-state index is 0.291. The summed E-state index contributed by atoms with van der Waals surface area (Å²) < 4.78 is 0. The van der Waals surface area contributed by atoms with Crippen LogP contribution in [0.4, 0.5) is 5.82 Å². The highest BCUT2D eigenvalue weighted by Gasteiger charge is 1.98. The van der Waals surface area contributed by atoms with Crippen LogP contribution in [-0.2, 0) is 0 Å². The van der Waals surface area contributed by atoms with Gasteiger partial charge in [0.15, 0.2) is 11.0 Å². The second-order valence-electron chi connectivity index (χ2n) is 2.65. The third-order valence-corrected chi connectivity index (χ3v) is 1.76. The van der Waals surface area contributed by atoms with Crippen molar-refractivity contribution < 1.29 is 0 Å². The molecule has 0 aliphatic carbocycles. The van der Waals surface area contributed by atoms with Gasteiger partial charge < -0.3 is 5.73 Å². The third kappa shape index (κ3) is 3.84. The zero-order valence-corrected chi connectivity index (χ0v) is 8.59. The quantitative estimate of drug-likeness (QED) is 0.368. The van der Waals surface area contributed by atoms with Gasteiger partial charge in [-0.25, -0.2) is 0 Å². The highest BCUT2D eigenvalue weighted by atomic mass is 35.5. The lowest BCUT2D eigenvalue weighted by Gasteiger charge is -1.97. The van der Waals surface area contributed by atoms with Crippen LogP contribution in [0, 0.1) is 0 Å². The van der Waals surface area contributed by atoms with Crippen LogP contribution >= 0.6 is 11.6 Å². The molecule has 0 atom stereocenters. The first kappa shape index (κ1) is 11.3. The van der Waals surface area contributed by atoms with Gasteiger partial charge in [0.2, 0.25) is 0 Å². The molecule has 0 aromatic carbocycles. The number of azide groups is 1. The van der Waals surface area contributed by atoms with Gasteiger partial charge in [-0.3, -0.25) is 0 Å². The van der Waals surface area contributed by atoms with Crippen molar-refractivity contribution in [2.45, 2.75) is 6.42 Å². The minimum Gasteiger partial charge on any atom is -0.382 e. The van der Waals surface area contributed by atoms with E-state index in [9.17, 15) is 0 Å². The predicted molar refractivity (Wildman–Crippen MR) is 59.1 cm³/mol. The van der Waals surface area contributed by atoms with Crippen molar-refractivity contribution in [2.24, 2.45) is 5.11 Å². The molecular formula is C8H9ClN6.